The van der Waals surface area contributed by atoms with Crippen LogP contribution in [0.15, 0.2) is 35.7 Å². The molecule has 1 unspecified atom stereocenters. The summed E-state index contributed by atoms with van der Waals surface area (Å²) >= 11 is 1.11. The van der Waals surface area contributed by atoms with E-state index in [0.29, 0.717) is 5.56 Å². The summed E-state index contributed by atoms with van der Waals surface area (Å²) in [5.74, 6) is -2.38. The summed E-state index contributed by atoms with van der Waals surface area (Å²) in [5, 5.41) is 6.89. The van der Waals surface area contributed by atoms with Gasteiger partial charge in [0.05, 0.1) is 12.7 Å². The monoisotopic (exact) mass is 405 g/mol. The van der Waals surface area contributed by atoms with Crippen molar-refractivity contribution >= 4 is 40.2 Å². The Labute approximate surface area is 163 Å². The molecule has 0 saturated carbocycles. The maximum Gasteiger partial charge on any atom is 0.340 e. The molecule has 4 amide bonds. The minimum Gasteiger partial charge on any atom is -0.465 e. The molecular weight excluding hydrogens is 389 g/mol. The molecule has 1 aliphatic heterocycles. The third-order valence-electron chi connectivity index (χ3n) is 4.32. The van der Waals surface area contributed by atoms with E-state index in [0.717, 1.165) is 16.2 Å². The van der Waals surface area contributed by atoms with E-state index in [2.05, 4.69) is 15.4 Å². The number of carbonyl (C=O) groups excluding carboxylic acids is 4. The largest absolute Gasteiger partial charge is 0.465 e. The van der Waals surface area contributed by atoms with Crippen LogP contribution < -0.4 is 10.6 Å². The van der Waals surface area contributed by atoms with Crippen LogP contribution in [0.5, 0.6) is 0 Å². The Bertz CT molecular complexity index is 958. The molecule has 0 bridgehead atoms. The summed E-state index contributed by atoms with van der Waals surface area (Å²) < 4.78 is 17.8. The molecule has 1 fully saturated rings. The fourth-order valence-electron chi connectivity index (χ4n) is 2.81. The number of esters is 1. The van der Waals surface area contributed by atoms with Crippen LogP contribution in [-0.2, 0) is 19.9 Å². The van der Waals surface area contributed by atoms with Gasteiger partial charge in [-0.05, 0) is 36.1 Å². The van der Waals surface area contributed by atoms with Gasteiger partial charge in [-0.25, -0.2) is 14.0 Å². The average Bonchev–Trinajstić information content (AvgIpc) is 3.20. The summed E-state index contributed by atoms with van der Waals surface area (Å²) in [6, 6.07) is 5.90. The number of benzene rings is 1. The van der Waals surface area contributed by atoms with Crippen molar-refractivity contribution in [2.75, 3.05) is 19.0 Å². The number of nitrogens with one attached hydrogen (secondary N) is 2. The molecule has 10 heteroatoms. The zero-order valence-corrected chi connectivity index (χ0v) is 15.8. The highest BCUT2D eigenvalue weighted by molar-refractivity contribution is 7.14. The topological polar surface area (TPSA) is 105 Å². The zero-order valence-electron chi connectivity index (χ0n) is 14.9. The summed E-state index contributed by atoms with van der Waals surface area (Å²) in [5.41, 5.74) is -0.846. The second-order valence-corrected chi connectivity index (χ2v) is 7.07. The van der Waals surface area contributed by atoms with Crippen molar-refractivity contribution in [3.8, 4) is 0 Å². The number of carbonyl (C=O) groups is 4. The first-order chi connectivity index (χ1) is 13.3. The molecule has 2 N–H and O–H groups in total. The van der Waals surface area contributed by atoms with Crippen LogP contribution in [0.25, 0.3) is 0 Å². The Balaban J connectivity index is 1.74. The Hall–Kier alpha value is -3.27. The van der Waals surface area contributed by atoms with Crippen molar-refractivity contribution in [3.63, 3.8) is 0 Å². The molecule has 1 saturated heterocycles. The van der Waals surface area contributed by atoms with E-state index in [4.69, 9.17) is 0 Å². The number of thiophene rings is 1. The Morgan fingerprint density at radius 2 is 1.93 bits per heavy atom. The highest BCUT2D eigenvalue weighted by Crippen LogP contribution is 2.29. The van der Waals surface area contributed by atoms with Crippen LogP contribution in [0.4, 0.5) is 14.2 Å². The molecule has 0 spiro atoms. The summed E-state index contributed by atoms with van der Waals surface area (Å²) in [4.78, 5) is 49.8. The molecule has 0 radical (unpaired) electrons. The number of anilines is 1. The van der Waals surface area contributed by atoms with Crippen molar-refractivity contribution in [2.45, 2.75) is 12.5 Å². The van der Waals surface area contributed by atoms with Crippen molar-refractivity contribution < 1.29 is 28.3 Å². The summed E-state index contributed by atoms with van der Waals surface area (Å²) in [6.45, 7) is 0.937. The molecule has 1 aromatic carbocycles. The minimum absolute atomic E-state index is 0.175. The lowest BCUT2D eigenvalue weighted by atomic mass is 9.92. The number of ether oxygens (including phenoxy) is 1. The SMILES string of the molecule is COC(=O)c1ccsc1NC(=O)CN1C(=O)NC(C)(c2ccc(F)cc2)C1=O. The standard InChI is InChI=1S/C18H16FN3O5S/c1-18(10-3-5-11(19)6-4-10)16(25)22(17(26)21-18)9-13(23)20-14-12(7-8-28-14)15(24)27-2/h3-8H,9H2,1-2H3,(H,20,23)(H,21,26). The third-order valence-corrected chi connectivity index (χ3v) is 5.15. The molecule has 1 aromatic heterocycles. The Kier molecular flexibility index (Phi) is 5.14. The first-order valence-electron chi connectivity index (χ1n) is 8.12. The molecule has 3 rings (SSSR count). The zero-order chi connectivity index (χ0) is 20.5. The van der Waals surface area contributed by atoms with Crippen LogP contribution in [0, 0.1) is 5.82 Å². The van der Waals surface area contributed by atoms with Crippen molar-refractivity contribution in [1.82, 2.24) is 10.2 Å². The number of rotatable bonds is 5. The Morgan fingerprint density at radius 1 is 1.25 bits per heavy atom. The molecule has 1 aliphatic rings. The second kappa shape index (κ2) is 7.39. The van der Waals surface area contributed by atoms with Crippen LogP contribution >= 0.6 is 11.3 Å². The molecule has 2 aromatic rings. The van der Waals surface area contributed by atoms with Gasteiger partial charge in [-0.3, -0.25) is 14.5 Å². The smallest absolute Gasteiger partial charge is 0.340 e. The Morgan fingerprint density at radius 3 is 2.57 bits per heavy atom. The van der Waals surface area contributed by atoms with E-state index in [1.165, 1.54) is 44.4 Å². The lowest BCUT2D eigenvalue weighted by Crippen LogP contribution is -2.42. The maximum atomic E-state index is 13.1. The van der Waals surface area contributed by atoms with Gasteiger partial charge in [0, 0.05) is 0 Å². The molecule has 28 heavy (non-hydrogen) atoms. The van der Waals surface area contributed by atoms with Crippen molar-refractivity contribution in [2.24, 2.45) is 0 Å². The first-order valence-corrected chi connectivity index (χ1v) is 9.00. The van der Waals surface area contributed by atoms with E-state index < -0.39 is 41.7 Å². The van der Waals surface area contributed by atoms with Gasteiger partial charge in [-0.15, -0.1) is 11.3 Å². The van der Waals surface area contributed by atoms with Gasteiger partial charge in [-0.2, -0.15) is 0 Å². The highest BCUT2D eigenvalue weighted by Gasteiger charge is 2.49. The van der Waals surface area contributed by atoms with Gasteiger partial charge in [-0.1, -0.05) is 12.1 Å². The molecule has 1 atom stereocenters. The van der Waals surface area contributed by atoms with E-state index in [9.17, 15) is 23.6 Å². The van der Waals surface area contributed by atoms with Gasteiger partial charge in [0.1, 0.15) is 22.9 Å². The molecule has 146 valence electrons. The number of hydrogen-bond donors (Lipinski definition) is 2. The van der Waals surface area contributed by atoms with Crippen LogP contribution in [0.2, 0.25) is 0 Å². The molecular formula is C18H16FN3O5S. The maximum absolute atomic E-state index is 13.1. The molecule has 8 nitrogen and oxygen atoms in total. The van der Waals surface area contributed by atoms with E-state index in [1.54, 1.807) is 5.38 Å². The van der Waals surface area contributed by atoms with E-state index >= 15 is 0 Å². The number of imide groups is 1. The number of hydrogen-bond acceptors (Lipinski definition) is 6. The molecule has 0 aliphatic carbocycles. The number of urea groups is 1. The highest BCUT2D eigenvalue weighted by atomic mass is 32.1. The van der Waals surface area contributed by atoms with Gasteiger partial charge >= 0.3 is 12.0 Å². The van der Waals surface area contributed by atoms with Gasteiger partial charge < -0.3 is 15.4 Å². The van der Waals surface area contributed by atoms with Crippen molar-refractivity contribution in [1.29, 1.82) is 0 Å². The lowest BCUT2D eigenvalue weighted by molar-refractivity contribution is -0.133. The normalized spacial score (nSPS) is 18.8. The number of methoxy groups -OCH3 is 1. The van der Waals surface area contributed by atoms with E-state index in [-0.39, 0.29) is 10.6 Å². The summed E-state index contributed by atoms with van der Waals surface area (Å²) in [7, 11) is 1.22. The fourth-order valence-corrected chi connectivity index (χ4v) is 3.60. The van der Waals surface area contributed by atoms with Crippen LogP contribution in [0.3, 0.4) is 0 Å². The third kappa shape index (κ3) is 3.46. The predicted octanol–water partition coefficient (Wildman–Crippen LogP) is 2.08. The van der Waals surface area contributed by atoms with E-state index in [1.807, 2.05) is 0 Å². The van der Waals surface area contributed by atoms with Crippen LogP contribution in [-0.4, -0.2) is 42.4 Å². The van der Waals surface area contributed by atoms with Gasteiger partial charge in [0.2, 0.25) is 5.91 Å². The quantitative estimate of drug-likeness (QED) is 0.585. The number of nitrogens with zero attached hydrogens (tertiary/aromatic N) is 1. The number of amides is 4. The second-order valence-electron chi connectivity index (χ2n) is 6.16. The summed E-state index contributed by atoms with van der Waals surface area (Å²) in [6.07, 6.45) is 0. The minimum atomic E-state index is -1.41. The van der Waals surface area contributed by atoms with Gasteiger partial charge in [0.25, 0.3) is 5.91 Å². The van der Waals surface area contributed by atoms with Gasteiger partial charge in [0.15, 0.2) is 0 Å². The van der Waals surface area contributed by atoms with Crippen LogP contribution in [0.1, 0.15) is 22.8 Å². The first kappa shape index (κ1) is 19.5. The molecule has 2 heterocycles. The number of halogens is 1. The fraction of sp³-hybridized carbons (Fsp3) is 0.222. The predicted molar refractivity (Wildman–Crippen MR) is 98.3 cm³/mol. The average molecular weight is 405 g/mol. The van der Waals surface area contributed by atoms with Crippen molar-refractivity contribution in [3.05, 3.63) is 52.7 Å². The lowest BCUT2D eigenvalue weighted by Gasteiger charge is -2.22.